The lowest BCUT2D eigenvalue weighted by Gasteiger charge is -2.18. The van der Waals surface area contributed by atoms with Crippen molar-refractivity contribution in [3.05, 3.63) is 28.2 Å². The summed E-state index contributed by atoms with van der Waals surface area (Å²) in [5.41, 5.74) is 1.06. The second-order valence-electron chi connectivity index (χ2n) is 6.12. The van der Waals surface area contributed by atoms with Crippen molar-refractivity contribution < 1.29 is 8.42 Å². The average molecular weight is 373 g/mol. The number of nitrogens with one attached hydrogen (secondary N) is 2. The van der Waals surface area contributed by atoms with Crippen molar-refractivity contribution >= 4 is 26.0 Å². The first-order valence-corrected chi connectivity index (χ1v) is 9.74. The average Bonchev–Trinajstić information content (AvgIpc) is 3.27. The molecule has 0 bridgehead atoms. The summed E-state index contributed by atoms with van der Waals surface area (Å²) in [6.45, 7) is 0.721. The van der Waals surface area contributed by atoms with Crippen LogP contribution in [0, 0.1) is 11.8 Å². The predicted molar refractivity (Wildman–Crippen MR) is 86.5 cm³/mol. The Balaban J connectivity index is 1.80. The summed E-state index contributed by atoms with van der Waals surface area (Å²) in [6, 6.07) is 5.56. The first-order chi connectivity index (χ1) is 10.0. The van der Waals surface area contributed by atoms with E-state index in [0.29, 0.717) is 21.2 Å². The Labute approximate surface area is 134 Å². The maximum Gasteiger partial charge on any atom is 0.241 e. The predicted octanol–water partition coefficient (Wildman–Crippen LogP) is 2.64. The molecule has 4 nitrogen and oxygen atoms in total. The molecule has 0 spiro atoms. The second kappa shape index (κ2) is 5.99. The molecule has 21 heavy (non-hydrogen) atoms. The Hall–Kier alpha value is -0.430. The molecule has 0 saturated heterocycles. The zero-order valence-corrected chi connectivity index (χ0v) is 14.5. The van der Waals surface area contributed by atoms with E-state index in [9.17, 15) is 8.42 Å². The van der Waals surface area contributed by atoms with Gasteiger partial charge in [-0.15, -0.1) is 0 Å². The van der Waals surface area contributed by atoms with Crippen LogP contribution in [0.5, 0.6) is 0 Å². The highest BCUT2D eigenvalue weighted by Crippen LogP contribution is 2.45. The zero-order chi connectivity index (χ0) is 15.0. The number of sulfonamides is 1. The van der Waals surface area contributed by atoms with Gasteiger partial charge in [0.25, 0.3) is 0 Å². The molecule has 0 radical (unpaired) electrons. The minimum atomic E-state index is -3.45. The molecule has 2 saturated carbocycles. The molecule has 0 atom stereocenters. The lowest BCUT2D eigenvalue weighted by molar-refractivity contribution is 0.471. The van der Waals surface area contributed by atoms with Crippen LogP contribution in [-0.4, -0.2) is 21.5 Å². The Bertz CT molecular complexity index is 613. The van der Waals surface area contributed by atoms with E-state index in [0.717, 1.165) is 37.8 Å². The summed E-state index contributed by atoms with van der Waals surface area (Å²) in [5, 5.41) is 3.06. The first kappa shape index (κ1) is 15.5. The molecule has 0 heterocycles. The number of benzene rings is 1. The van der Waals surface area contributed by atoms with Crippen molar-refractivity contribution in [2.45, 2.75) is 43.2 Å². The minimum Gasteiger partial charge on any atom is -0.316 e. The molecule has 0 aromatic heterocycles. The summed E-state index contributed by atoms with van der Waals surface area (Å²) < 4.78 is 28.9. The van der Waals surface area contributed by atoms with Gasteiger partial charge in [-0.3, -0.25) is 0 Å². The molecule has 116 valence electrons. The normalized spacial score (nSPS) is 19.2. The fourth-order valence-electron chi connectivity index (χ4n) is 2.81. The maximum absolute atomic E-state index is 12.6. The largest absolute Gasteiger partial charge is 0.316 e. The highest BCUT2D eigenvalue weighted by molar-refractivity contribution is 9.10. The standard InChI is InChI=1S/C15H21BrN2O2S/c1-17-9-10-2-7-14(13(16)8-10)21(19,20)18-15(11-3-4-11)12-5-6-12/h2,7-8,11-12,15,17-18H,3-6,9H2,1H3. The third-order valence-corrected chi connectivity index (χ3v) is 6.65. The number of halogens is 1. The molecule has 0 aliphatic heterocycles. The monoisotopic (exact) mass is 372 g/mol. The van der Waals surface area contributed by atoms with E-state index in [2.05, 4.69) is 26.0 Å². The van der Waals surface area contributed by atoms with Crippen molar-refractivity contribution in [1.82, 2.24) is 10.0 Å². The molecular formula is C15H21BrN2O2S. The highest BCUT2D eigenvalue weighted by atomic mass is 79.9. The molecule has 6 heteroatoms. The van der Waals surface area contributed by atoms with E-state index in [-0.39, 0.29) is 6.04 Å². The zero-order valence-electron chi connectivity index (χ0n) is 12.1. The fraction of sp³-hybridized carbons (Fsp3) is 0.600. The Morgan fingerprint density at radius 1 is 1.24 bits per heavy atom. The Morgan fingerprint density at radius 2 is 1.86 bits per heavy atom. The Kier molecular flexibility index (Phi) is 4.41. The van der Waals surface area contributed by atoms with Crippen LogP contribution in [0.15, 0.2) is 27.6 Å². The van der Waals surface area contributed by atoms with Crippen LogP contribution in [-0.2, 0) is 16.6 Å². The Morgan fingerprint density at radius 3 is 2.33 bits per heavy atom. The van der Waals surface area contributed by atoms with Gasteiger partial charge in [0.2, 0.25) is 10.0 Å². The maximum atomic E-state index is 12.6. The third kappa shape index (κ3) is 3.67. The third-order valence-electron chi connectivity index (χ3n) is 4.22. The highest BCUT2D eigenvalue weighted by Gasteiger charge is 2.43. The van der Waals surface area contributed by atoms with Crippen LogP contribution in [0.25, 0.3) is 0 Å². The second-order valence-corrected chi connectivity index (χ2v) is 8.65. The van der Waals surface area contributed by atoms with Gasteiger partial charge in [0.15, 0.2) is 0 Å². The number of hydrogen-bond donors (Lipinski definition) is 2. The lowest BCUT2D eigenvalue weighted by Crippen LogP contribution is -2.38. The van der Waals surface area contributed by atoms with Gasteiger partial charge in [-0.05, 0) is 78.2 Å². The van der Waals surface area contributed by atoms with Crippen LogP contribution in [0.3, 0.4) is 0 Å². The summed E-state index contributed by atoms with van der Waals surface area (Å²) in [4.78, 5) is 0.341. The summed E-state index contributed by atoms with van der Waals surface area (Å²) in [7, 11) is -1.58. The minimum absolute atomic E-state index is 0.138. The molecule has 2 N–H and O–H groups in total. The molecular weight excluding hydrogens is 352 g/mol. The van der Waals surface area contributed by atoms with Gasteiger partial charge in [0.1, 0.15) is 0 Å². The van der Waals surface area contributed by atoms with Crippen molar-refractivity contribution in [1.29, 1.82) is 0 Å². The fourth-order valence-corrected chi connectivity index (χ4v) is 5.31. The molecule has 1 aromatic carbocycles. The smallest absolute Gasteiger partial charge is 0.241 e. The first-order valence-electron chi connectivity index (χ1n) is 7.46. The lowest BCUT2D eigenvalue weighted by atomic mass is 10.1. The molecule has 2 aliphatic carbocycles. The van der Waals surface area contributed by atoms with Gasteiger partial charge in [-0.2, -0.15) is 0 Å². The van der Waals surface area contributed by atoms with Crippen LogP contribution >= 0.6 is 15.9 Å². The van der Waals surface area contributed by atoms with Crippen LogP contribution in [0.4, 0.5) is 0 Å². The van der Waals surface area contributed by atoms with Crippen molar-refractivity contribution in [3.8, 4) is 0 Å². The van der Waals surface area contributed by atoms with Crippen LogP contribution in [0.1, 0.15) is 31.2 Å². The van der Waals surface area contributed by atoms with Crippen molar-refractivity contribution in [2.24, 2.45) is 11.8 Å². The van der Waals surface area contributed by atoms with E-state index in [1.165, 1.54) is 0 Å². The molecule has 0 unspecified atom stereocenters. The molecule has 2 fully saturated rings. The summed E-state index contributed by atoms with van der Waals surface area (Å²) in [5.74, 6) is 1.10. The molecule has 0 amide bonds. The van der Waals surface area contributed by atoms with Crippen molar-refractivity contribution in [3.63, 3.8) is 0 Å². The van der Waals surface area contributed by atoms with Gasteiger partial charge in [0.05, 0.1) is 4.90 Å². The number of rotatable bonds is 7. The number of hydrogen-bond acceptors (Lipinski definition) is 3. The van der Waals surface area contributed by atoms with Gasteiger partial charge in [0, 0.05) is 17.1 Å². The van der Waals surface area contributed by atoms with E-state index < -0.39 is 10.0 Å². The summed E-state index contributed by atoms with van der Waals surface area (Å²) >= 11 is 3.40. The molecule has 3 rings (SSSR count). The van der Waals surface area contributed by atoms with E-state index in [4.69, 9.17) is 0 Å². The van der Waals surface area contributed by atoms with E-state index in [1.807, 2.05) is 19.2 Å². The molecule has 1 aromatic rings. The topological polar surface area (TPSA) is 58.2 Å². The van der Waals surface area contributed by atoms with Gasteiger partial charge in [-0.1, -0.05) is 6.07 Å². The van der Waals surface area contributed by atoms with Crippen LogP contribution < -0.4 is 10.0 Å². The van der Waals surface area contributed by atoms with Gasteiger partial charge >= 0.3 is 0 Å². The van der Waals surface area contributed by atoms with Crippen LogP contribution in [0.2, 0.25) is 0 Å². The van der Waals surface area contributed by atoms with Gasteiger partial charge < -0.3 is 5.32 Å². The quantitative estimate of drug-likeness (QED) is 0.773. The van der Waals surface area contributed by atoms with Crippen molar-refractivity contribution in [2.75, 3.05) is 7.05 Å². The summed E-state index contributed by atoms with van der Waals surface area (Å²) in [6.07, 6.45) is 4.63. The molecule has 2 aliphatic rings. The SMILES string of the molecule is CNCc1ccc(S(=O)(=O)NC(C2CC2)C2CC2)c(Br)c1. The van der Waals surface area contributed by atoms with E-state index in [1.54, 1.807) is 6.07 Å². The van der Waals surface area contributed by atoms with E-state index >= 15 is 0 Å². The van der Waals surface area contributed by atoms with Gasteiger partial charge in [-0.25, -0.2) is 13.1 Å².